The molecule has 2 N–H and O–H groups in total. The van der Waals surface area contributed by atoms with Gasteiger partial charge in [-0.05, 0) is 43.9 Å². The zero-order valence-corrected chi connectivity index (χ0v) is 20.3. The van der Waals surface area contributed by atoms with E-state index >= 15 is 0 Å². The fraction of sp³-hybridized carbons (Fsp3) is 0.636. The number of ether oxygens (including phenoxy) is 1. The molecule has 1 amide bonds. The Morgan fingerprint density at radius 3 is 2.77 bits per heavy atom. The molecule has 1 atom stereocenters. The van der Waals surface area contributed by atoms with Crippen LogP contribution in [0.4, 0.5) is 8.78 Å². The molecule has 1 aromatic rings. The van der Waals surface area contributed by atoms with Crippen LogP contribution in [0.1, 0.15) is 44.6 Å². The topological polar surface area (TPSA) is 66.0 Å². The molecule has 3 rings (SSSR count). The Hall–Kier alpha value is -1.65. The van der Waals surface area contributed by atoms with Gasteiger partial charge < -0.3 is 20.3 Å². The summed E-state index contributed by atoms with van der Waals surface area (Å²) in [5.41, 5.74) is 0.878. The quantitative estimate of drug-likeness (QED) is 0.294. The third-order valence-corrected chi connectivity index (χ3v) is 5.58. The number of likely N-dealkylation sites (tertiary alicyclic amines) is 1. The smallest absolute Gasteiger partial charge is 0.272 e. The predicted molar refractivity (Wildman–Crippen MR) is 128 cm³/mol. The van der Waals surface area contributed by atoms with Crippen molar-refractivity contribution in [3.63, 3.8) is 0 Å². The summed E-state index contributed by atoms with van der Waals surface area (Å²) in [5, 5.41) is 6.67. The molecule has 0 aromatic heterocycles. The normalized spacial score (nSPS) is 19.4. The molecular weight excluding hydrogens is 517 g/mol. The summed E-state index contributed by atoms with van der Waals surface area (Å²) in [4.78, 5) is 19.2. The molecule has 174 valence electrons. The van der Waals surface area contributed by atoms with Crippen molar-refractivity contribution in [2.75, 3.05) is 26.2 Å². The molecule has 2 aliphatic rings. The molecule has 1 aliphatic carbocycles. The van der Waals surface area contributed by atoms with E-state index in [4.69, 9.17) is 4.74 Å². The minimum absolute atomic E-state index is 0. The van der Waals surface area contributed by atoms with Gasteiger partial charge in [-0.15, -0.1) is 24.0 Å². The van der Waals surface area contributed by atoms with Gasteiger partial charge in [0.05, 0.1) is 6.54 Å². The lowest BCUT2D eigenvalue weighted by atomic mass is 10.1. The van der Waals surface area contributed by atoms with E-state index in [1.807, 2.05) is 17.9 Å². The average molecular weight is 550 g/mol. The van der Waals surface area contributed by atoms with Crippen molar-refractivity contribution < 1.29 is 18.3 Å². The number of carbonyl (C=O) groups excluding carboxylic acids is 1. The summed E-state index contributed by atoms with van der Waals surface area (Å²) in [6.45, 7) is 4.00. The van der Waals surface area contributed by atoms with Gasteiger partial charge in [0.15, 0.2) is 5.96 Å². The molecule has 31 heavy (non-hydrogen) atoms. The van der Waals surface area contributed by atoms with Crippen molar-refractivity contribution >= 4 is 35.8 Å². The standard InChI is InChI=1S/C22H32F2N4O2.HI/c1-2-25-22(26-13-16-6-5-9-19(12-16)30-15-20(23)24)27-18-10-11-28(14-18)21(29)17-7-3-4-8-17;/h5-6,9,12,17-18,20H,2-4,7-8,10-11,13-15H2,1H3,(H2,25,26,27);1H. The third-order valence-electron chi connectivity index (χ3n) is 5.58. The molecule has 1 aromatic carbocycles. The maximum Gasteiger partial charge on any atom is 0.272 e. The minimum atomic E-state index is -2.50. The molecular formula is C22H33F2IN4O2. The van der Waals surface area contributed by atoms with Gasteiger partial charge in [-0.25, -0.2) is 13.8 Å². The van der Waals surface area contributed by atoms with Crippen LogP contribution >= 0.6 is 24.0 Å². The molecule has 9 heteroatoms. The number of benzene rings is 1. The van der Waals surface area contributed by atoms with E-state index in [1.165, 1.54) is 0 Å². The van der Waals surface area contributed by atoms with Gasteiger partial charge in [-0.1, -0.05) is 25.0 Å². The van der Waals surface area contributed by atoms with E-state index < -0.39 is 13.0 Å². The second-order valence-electron chi connectivity index (χ2n) is 7.94. The Morgan fingerprint density at radius 1 is 1.29 bits per heavy atom. The van der Waals surface area contributed by atoms with Crippen LogP contribution in [0.15, 0.2) is 29.3 Å². The van der Waals surface area contributed by atoms with E-state index in [1.54, 1.807) is 18.2 Å². The van der Waals surface area contributed by atoms with Crippen LogP contribution in [-0.4, -0.2) is 55.5 Å². The summed E-state index contributed by atoms with van der Waals surface area (Å²) in [6, 6.07) is 7.23. The van der Waals surface area contributed by atoms with Gasteiger partial charge in [0.2, 0.25) is 5.91 Å². The van der Waals surface area contributed by atoms with Crippen LogP contribution < -0.4 is 15.4 Å². The van der Waals surface area contributed by atoms with Crippen LogP contribution in [-0.2, 0) is 11.3 Å². The first-order chi connectivity index (χ1) is 14.5. The monoisotopic (exact) mass is 550 g/mol. The lowest BCUT2D eigenvalue weighted by Crippen LogP contribution is -2.45. The van der Waals surface area contributed by atoms with Crippen LogP contribution in [0.2, 0.25) is 0 Å². The SMILES string of the molecule is CCNC(=NCc1cccc(OCC(F)F)c1)NC1CCN(C(=O)C2CCCC2)C1.I. The number of aliphatic imine (C=N–C) groups is 1. The van der Waals surface area contributed by atoms with Crippen molar-refractivity contribution in [1.82, 2.24) is 15.5 Å². The van der Waals surface area contributed by atoms with Gasteiger partial charge in [0, 0.05) is 31.6 Å². The van der Waals surface area contributed by atoms with Gasteiger partial charge in [-0.2, -0.15) is 0 Å². The highest BCUT2D eigenvalue weighted by atomic mass is 127. The van der Waals surface area contributed by atoms with E-state index in [0.717, 1.165) is 50.8 Å². The van der Waals surface area contributed by atoms with E-state index in [9.17, 15) is 13.6 Å². The van der Waals surface area contributed by atoms with Crippen LogP contribution in [0.5, 0.6) is 5.75 Å². The molecule has 6 nitrogen and oxygen atoms in total. The number of nitrogens with zero attached hydrogens (tertiary/aromatic N) is 2. The number of carbonyl (C=O) groups is 1. The first-order valence-electron chi connectivity index (χ1n) is 10.9. The maximum atomic E-state index is 12.6. The van der Waals surface area contributed by atoms with Crippen LogP contribution in [0.3, 0.4) is 0 Å². The number of alkyl halides is 2. The summed E-state index contributed by atoms with van der Waals surface area (Å²) >= 11 is 0. The van der Waals surface area contributed by atoms with Crippen molar-refractivity contribution in [3.8, 4) is 5.75 Å². The first kappa shape index (κ1) is 25.6. The fourth-order valence-electron chi connectivity index (χ4n) is 4.09. The highest BCUT2D eigenvalue weighted by Gasteiger charge is 2.32. The number of hydrogen-bond acceptors (Lipinski definition) is 3. The van der Waals surface area contributed by atoms with Crippen molar-refractivity contribution in [2.45, 2.75) is 58.0 Å². The number of nitrogens with one attached hydrogen (secondary N) is 2. The van der Waals surface area contributed by atoms with Crippen LogP contribution in [0.25, 0.3) is 0 Å². The molecule has 0 spiro atoms. The Kier molecular flexibility index (Phi) is 10.8. The molecule has 1 unspecified atom stereocenters. The molecule has 0 bridgehead atoms. The Labute approximate surface area is 200 Å². The third kappa shape index (κ3) is 8.08. The average Bonchev–Trinajstić information content (AvgIpc) is 3.43. The van der Waals surface area contributed by atoms with Crippen molar-refractivity contribution in [2.24, 2.45) is 10.9 Å². The molecule has 1 saturated heterocycles. The number of rotatable bonds is 8. The minimum Gasteiger partial charge on any atom is -0.488 e. The summed E-state index contributed by atoms with van der Waals surface area (Å²) in [6.07, 6.45) is 2.78. The van der Waals surface area contributed by atoms with Crippen LogP contribution in [0, 0.1) is 5.92 Å². The zero-order valence-electron chi connectivity index (χ0n) is 18.0. The van der Waals surface area contributed by atoms with E-state index in [0.29, 0.717) is 30.7 Å². The number of halogens is 3. The molecule has 0 radical (unpaired) electrons. The van der Waals surface area contributed by atoms with E-state index in [2.05, 4.69) is 15.6 Å². The number of guanidine groups is 1. The first-order valence-corrected chi connectivity index (χ1v) is 10.9. The lowest BCUT2D eigenvalue weighted by molar-refractivity contribution is -0.134. The Morgan fingerprint density at radius 2 is 2.06 bits per heavy atom. The van der Waals surface area contributed by atoms with Gasteiger partial charge in [0.25, 0.3) is 6.43 Å². The zero-order chi connectivity index (χ0) is 21.3. The van der Waals surface area contributed by atoms with Crippen molar-refractivity contribution in [1.29, 1.82) is 0 Å². The predicted octanol–water partition coefficient (Wildman–Crippen LogP) is 3.79. The second-order valence-corrected chi connectivity index (χ2v) is 7.94. The molecule has 1 saturated carbocycles. The second kappa shape index (κ2) is 13.0. The van der Waals surface area contributed by atoms with E-state index in [-0.39, 0.29) is 35.9 Å². The highest BCUT2D eigenvalue weighted by Crippen LogP contribution is 2.27. The summed E-state index contributed by atoms with van der Waals surface area (Å²) in [7, 11) is 0. The van der Waals surface area contributed by atoms with Gasteiger partial charge in [0.1, 0.15) is 12.4 Å². The Balaban J connectivity index is 0.00000341. The fourth-order valence-corrected chi connectivity index (χ4v) is 4.09. The lowest BCUT2D eigenvalue weighted by Gasteiger charge is -2.21. The number of hydrogen-bond donors (Lipinski definition) is 2. The Bertz CT molecular complexity index is 729. The molecule has 2 fully saturated rings. The largest absolute Gasteiger partial charge is 0.488 e. The highest BCUT2D eigenvalue weighted by molar-refractivity contribution is 14.0. The summed E-state index contributed by atoms with van der Waals surface area (Å²) < 4.78 is 29.7. The van der Waals surface area contributed by atoms with Gasteiger partial charge in [-0.3, -0.25) is 4.79 Å². The maximum absolute atomic E-state index is 12.6. The molecule has 1 heterocycles. The number of amides is 1. The summed E-state index contributed by atoms with van der Waals surface area (Å²) in [5.74, 6) is 1.62. The van der Waals surface area contributed by atoms with Gasteiger partial charge >= 0.3 is 0 Å². The molecule has 1 aliphatic heterocycles. The van der Waals surface area contributed by atoms with Crippen molar-refractivity contribution in [3.05, 3.63) is 29.8 Å².